The Balaban J connectivity index is 1.80. The standard InChI is InChI=1S/C39H47N3O4S/c1-28(2)25-40-39(44)37(24-32-10-8-7-9-11-32)41(26-33-16-12-30(5)13-17-33)38(43)27-42(35-20-18-34(19-21-35)29(3)4)47(45,46)36-22-14-31(6)15-23-36/h7-23,28-29,37H,24-27H2,1-6H3,(H,40,44)/t37-/m0/s1. The first kappa shape index (κ1) is 35.4. The predicted molar refractivity (Wildman–Crippen MR) is 190 cm³/mol. The molecule has 0 aromatic heterocycles. The van der Waals surface area contributed by atoms with E-state index in [4.69, 9.17) is 0 Å². The number of aryl methyl sites for hydroxylation is 2. The molecule has 0 saturated heterocycles. The van der Waals surface area contributed by atoms with Gasteiger partial charge in [-0.3, -0.25) is 13.9 Å². The molecule has 7 nitrogen and oxygen atoms in total. The minimum Gasteiger partial charge on any atom is -0.354 e. The van der Waals surface area contributed by atoms with E-state index in [9.17, 15) is 18.0 Å². The Morgan fingerprint density at radius 1 is 0.723 bits per heavy atom. The highest BCUT2D eigenvalue weighted by atomic mass is 32.2. The smallest absolute Gasteiger partial charge is 0.264 e. The van der Waals surface area contributed by atoms with Gasteiger partial charge < -0.3 is 10.2 Å². The van der Waals surface area contributed by atoms with Crippen LogP contribution in [0.1, 0.15) is 61.4 Å². The molecule has 4 aromatic carbocycles. The highest BCUT2D eigenvalue weighted by molar-refractivity contribution is 7.92. The fraction of sp³-hybridized carbons (Fsp3) is 0.333. The van der Waals surface area contributed by atoms with Gasteiger partial charge in [-0.05, 0) is 66.6 Å². The van der Waals surface area contributed by atoms with E-state index in [0.717, 1.165) is 32.1 Å². The Hall–Kier alpha value is -4.43. The van der Waals surface area contributed by atoms with Gasteiger partial charge in [0.1, 0.15) is 12.6 Å². The third-order valence-electron chi connectivity index (χ3n) is 8.16. The van der Waals surface area contributed by atoms with Crippen molar-refractivity contribution < 1.29 is 18.0 Å². The first-order valence-electron chi connectivity index (χ1n) is 16.2. The molecule has 4 aromatic rings. The minimum absolute atomic E-state index is 0.0874. The fourth-order valence-corrected chi connectivity index (χ4v) is 6.67. The third-order valence-corrected chi connectivity index (χ3v) is 9.95. The van der Waals surface area contributed by atoms with Gasteiger partial charge in [-0.15, -0.1) is 0 Å². The van der Waals surface area contributed by atoms with E-state index in [1.165, 1.54) is 4.90 Å². The van der Waals surface area contributed by atoms with Crippen LogP contribution >= 0.6 is 0 Å². The number of carbonyl (C=O) groups is 2. The van der Waals surface area contributed by atoms with Gasteiger partial charge in [-0.2, -0.15) is 0 Å². The largest absolute Gasteiger partial charge is 0.354 e. The van der Waals surface area contributed by atoms with Crippen molar-refractivity contribution >= 4 is 27.5 Å². The van der Waals surface area contributed by atoms with Gasteiger partial charge in [0.15, 0.2) is 0 Å². The van der Waals surface area contributed by atoms with Gasteiger partial charge in [0.25, 0.3) is 10.0 Å². The van der Waals surface area contributed by atoms with E-state index >= 15 is 0 Å². The molecule has 1 N–H and O–H groups in total. The van der Waals surface area contributed by atoms with Crippen molar-refractivity contribution in [2.45, 2.75) is 71.4 Å². The first-order chi connectivity index (χ1) is 22.3. The van der Waals surface area contributed by atoms with Gasteiger partial charge >= 0.3 is 0 Å². The normalized spacial score (nSPS) is 12.2. The second-order valence-electron chi connectivity index (χ2n) is 12.9. The number of nitrogens with one attached hydrogen (secondary N) is 1. The summed E-state index contributed by atoms with van der Waals surface area (Å²) in [6.07, 6.45) is 0.274. The lowest BCUT2D eigenvalue weighted by atomic mass is 10.0. The quantitative estimate of drug-likeness (QED) is 0.158. The zero-order chi connectivity index (χ0) is 34.1. The summed E-state index contributed by atoms with van der Waals surface area (Å²) >= 11 is 0. The second-order valence-corrected chi connectivity index (χ2v) is 14.8. The summed E-state index contributed by atoms with van der Waals surface area (Å²) in [4.78, 5) is 30.2. The number of hydrogen-bond acceptors (Lipinski definition) is 4. The van der Waals surface area contributed by atoms with Crippen molar-refractivity contribution in [2.24, 2.45) is 5.92 Å². The third kappa shape index (κ3) is 9.55. The molecule has 0 aliphatic heterocycles. The Morgan fingerprint density at radius 3 is 1.85 bits per heavy atom. The van der Waals surface area contributed by atoms with Crippen molar-refractivity contribution in [3.8, 4) is 0 Å². The summed E-state index contributed by atoms with van der Waals surface area (Å²) < 4.78 is 29.7. The summed E-state index contributed by atoms with van der Waals surface area (Å²) in [5, 5.41) is 3.03. The molecule has 248 valence electrons. The maximum atomic E-state index is 14.6. The average Bonchev–Trinajstić information content (AvgIpc) is 3.05. The lowest BCUT2D eigenvalue weighted by Gasteiger charge is -2.34. The number of benzene rings is 4. The van der Waals surface area contributed by atoms with Crippen molar-refractivity contribution in [1.29, 1.82) is 0 Å². The summed E-state index contributed by atoms with van der Waals surface area (Å²) in [6, 6.07) is 30.4. The van der Waals surface area contributed by atoms with E-state index in [-0.39, 0.29) is 35.6 Å². The first-order valence-corrected chi connectivity index (χ1v) is 17.6. The molecule has 0 radical (unpaired) electrons. The zero-order valence-electron chi connectivity index (χ0n) is 28.3. The van der Waals surface area contributed by atoms with Crippen LogP contribution in [-0.2, 0) is 32.6 Å². The van der Waals surface area contributed by atoms with Gasteiger partial charge in [0.05, 0.1) is 10.6 Å². The Kier molecular flexibility index (Phi) is 12.0. The van der Waals surface area contributed by atoms with Crippen LogP contribution < -0.4 is 9.62 Å². The molecule has 0 aliphatic rings. The van der Waals surface area contributed by atoms with Crippen LogP contribution in [0.15, 0.2) is 108 Å². The number of rotatable bonds is 14. The van der Waals surface area contributed by atoms with E-state index in [1.807, 2.05) is 94.4 Å². The molecule has 0 aliphatic carbocycles. The van der Waals surface area contributed by atoms with Crippen LogP contribution in [0.5, 0.6) is 0 Å². The molecule has 0 heterocycles. The zero-order valence-corrected chi connectivity index (χ0v) is 29.1. The minimum atomic E-state index is -4.15. The Labute approximate surface area is 280 Å². The van der Waals surface area contributed by atoms with Gasteiger partial charge in [0.2, 0.25) is 11.8 Å². The lowest BCUT2D eigenvalue weighted by Crippen LogP contribution is -2.53. The number of amides is 2. The van der Waals surface area contributed by atoms with Gasteiger partial charge in [0, 0.05) is 19.5 Å². The highest BCUT2D eigenvalue weighted by Gasteiger charge is 2.34. The Morgan fingerprint density at radius 2 is 1.30 bits per heavy atom. The van der Waals surface area contributed by atoms with E-state index in [1.54, 1.807) is 36.4 Å². The maximum Gasteiger partial charge on any atom is 0.264 e. The van der Waals surface area contributed by atoms with Crippen molar-refractivity contribution in [3.63, 3.8) is 0 Å². The van der Waals surface area contributed by atoms with Crippen molar-refractivity contribution in [2.75, 3.05) is 17.4 Å². The van der Waals surface area contributed by atoms with Crippen LogP contribution in [-0.4, -0.2) is 44.3 Å². The molecule has 0 bridgehead atoms. The summed E-state index contributed by atoms with van der Waals surface area (Å²) in [6.45, 7) is 12.2. The monoisotopic (exact) mass is 653 g/mol. The fourth-order valence-electron chi connectivity index (χ4n) is 5.26. The predicted octanol–water partition coefficient (Wildman–Crippen LogP) is 7.03. The molecule has 4 rings (SSSR count). The summed E-state index contributed by atoms with van der Waals surface area (Å²) in [5.74, 6) is -0.297. The van der Waals surface area contributed by atoms with E-state index in [0.29, 0.717) is 12.2 Å². The van der Waals surface area contributed by atoms with Crippen LogP contribution in [0.2, 0.25) is 0 Å². The van der Waals surface area contributed by atoms with E-state index in [2.05, 4.69) is 19.2 Å². The second kappa shape index (κ2) is 15.9. The number of nitrogens with zero attached hydrogens (tertiary/aromatic N) is 2. The summed E-state index contributed by atoms with van der Waals surface area (Å²) in [5.41, 5.74) is 5.16. The van der Waals surface area contributed by atoms with Crippen molar-refractivity contribution in [3.05, 3.63) is 131 Å². The number of hydrogen-bond donors (Lipinski definition) is 1. The molecule has 0 saturated carbocycles. The van der Waals surface area contributed by atoms with Crippen LogP contribution in [0.25, 0.3) is 0 Å². The molecule has 1 atom stereocenters. The van der Waals surface area contributed by atoms with Gasteiger partial charge in [-0.25, -0.2) is 8.42 Å². The topological polar surface area (TPSA) is 86.8 Å². The molecule has 0 fully saturated rings. The number of carbonyl (C=O) groups excluding carboxylic acids is 2. The maximum absolute atomic E-state index is 14.6. The molecule has 2 amide bonds. The molecular weight excluding hydrogens is 607 g/mol. The molecular formula is C39H47N3O4S. The van der Waals surface area contributed by atoms with Crippen LogP contribution in [0.3, 0.4) is 0 Å². The number of anilines is 1. The Bertz CT molecular complexity index is 1720. The van der Waals surface area contributed by atoms with Crippen LogP contribution in [0.4, 0.5) is 5.69 Å². The highest BCUT2D eigenvalue weighted by Crippen LogP contribution is 2.27. The van der Waals surface area contributed by atoms with Gasteiger partial charge in [-0.1, -0.05) is 118 Å². The lowest BCUT2D eigenvalue weighted by molar-refractivity contribution is -0.140. The summed E-state index contributed by atoms with van der Waals surface area (Å²) in [7, 11) is -4.15. The molecule has 47 heavy (non-hydrogen) atoms. The average molecular weight is 654 g/mol. The molecule has 0 unspecified atom stereocenters. The SMILES string of the molecule is Cc1ccc(CN(C(=O)CN(c2ccc(C(C)C)cc2)S(=O)(=O)c2ccc(C)cc2)[C@@H](Cc2ccccc2)C(=O)NCC(C)C)cc1. The van der Waals surface area contributed by atoms with Crippen molar-refractivity contribution in [1.82, 2.24) is 10.2 Å². The van der Waals surface area contributed by atoms with E-state index < -0.39 is 28.5 Å². The van der Waals surface area contributed by atoms with Crippen LogP contribution in [0, 0.1) is 19.8 Å². The molecule has 0 spiro atoms. The number of sulfonamides is 1. The molecule has 8 heteroatoms.